The summed E-state index contributed by atoms with van der Waals surface area (Å²) in [7, 11) is 0. The summed E-state index contributed by atoms with van der Waals surface area (Å²) in [6.45, 7) is 6.27. The maximum absolute atomic E-state index is 13.5. The number of fused-ring (bicyclic) bond motifs is 1. The molecule has 2 saturated heterocycles. The van der Waals surface area contributed by atoms with Crippen molar-refractivity contribution in [1.82, 2.24) is 14.7 Å². The molecule has 2 aromatic carbocycles. The number of amides is 3. The van der Waals surface area contributed by atoms with Gasteiger partial charge in [0.05, 0.1) is 13.2 Å². The summed E-state index contributed by atoms with van der Waals surface area (Å²) in [4.78, 5) is 32.2. The zero-order valence-corrected chi connectivity index (χ0v) is 17.2. The summed E-state index contributed by atoms with van der Waals surface area (Å²) < 4.78 is 0. The summed E-state index contributed by atoms with van der Waals surface area (Å²) in [5.41, 5.74) is 0.242. The largest absolute Gasteiger partial charge is 0.395 e. The van der Waals surface area contributed by atoms with Gasteiger partial charge in [0.15, 0.2) is 0 Å². The molecule has 1 spiro atoms. The molecule has 0 radical (unpaired) electrons. The summed E-state index contributed by atoms with van der Waals surface area (Å²) in [6, 6.07) is 14.0. The van der Waals surface area contributed by atoms with Gasteiger partial charge in [-0.25, -0.2) is 4.79 Å². The fraction of sp³-hybridized carbons (Fsp3) is 0.478. The molecule has 6 heteroatoms. The number of imide groups is 1. The quantitative estimate of drug-likeness (QED) is 0.791. The van der Waals surface area contributed by atoms with Gasteiger partial charge >= 0.3 is 6.03 Å². The number of rotatable bonds is 5. The molecule has 0 saturated carbocycles. The second-order valence-electron chi connectivity index (χ2n) is 8.16. The van der Waals surface area contributed by atoms with E-state index in [4.69, 9.17) is 0 Å². The van der Waals surface area contributed by atoms with Gasteiger partial charge in [-0.15, -0.1) is 0 Å². The number of carbonyl (C=O) groups excluding carboxylic acids is 2. The third kappa shape index (κ3) is 3.20. The summed E-state index contributed by atoms with van der Waals surface area (Å²) in [6.07, 6.45) is 1.23. The Morgan fingerprint density at radius 2 is 1.76 bits per heavy atom. The summed E-state index contributed by atoms with van der Waals surface area (Å²) >= 11 is 0. The van der Waals surface area contributed by atoms with Crippen molar-refractivity contribution in [3.8, 4) is 0 Å². The lowest BCUT2D eigenvalue weighted by Gasteiger charge is -2.43. The molecule has 0 bridgehead atoms. The minimum Gasteiger partial charge on any atom is -0.395 e. The molecule has 3 amide bonds. The summed E-state index contributed by atoms with van der Waals surface area (Å²) in [5.74, 6) is -0.0754. The molecule has 2 heterocycles. The van der Waals surface area contributed by atoms with Crippen LogP contribution < -0.4 is 0 Å². The number of nitrogens with zero attached hydrogens (tertiary/aromatic N) is 3. The minimum atomic E-state index is -0.748. The number of hydrogen-bond donors (Lipinski definition) is 1. The van der Waals surface area contributed by atoms with Crippen LogP contribution in [0.15, 0.2) is 42.5 Å². The van der Waals surface area contributed by atoms with Gasteiger partial charge in [-0.05, 0) is 43.0 Å². The van der Waals surface area contributed by atoms with Crippen LogP contribution in [0, 0.1) is 0 Å². The van der Waals surface area contributed by atoms with E-state index < -0.39 is 5.54 Å². The van der Waals surface area contributed by atoms with Gasteiger partial charge in [0.2, 0.25) is 0 Å². The molecule has 154 valence electrons. The van der Waals surface area contributed by atoms with Crippen molar-refractivity contribution in [3.63, 3.8) is 0 Å². The number of carbonyl (C=O) groups is 2. The summed E-state index contributed by atoms with van der Waals surface area (Å²) in [5, 5.41) is 11.6. The van der Waals surface area contributed by atoms with E-state index in [0.717, 1.165) is 16.3 Å². The third-order valence-corrected chi connectivity index (χ3v) is 6.66. The van der Waals surface area contributed by atoms with Crippen LogP contribution in [-0.4, -0.2) is 69.6 Å². The Morgan fingerprint density at radius 3 is 2.45 bits per heavy atom. The van der Waals surface area contributed by atoms with Gasteiger partial charge in [-0.3, -0.25) is 14.6 Å². The predicted molar refractivity (Wildman–Crippen MR) is 112 cm³/mol. The van der Waals surface area contributed by atoms with Gasteiger partial charge in [0.1, 0.15) is 5.54 Å². The number of likely N-dealkylation sites (tertiary alicyclic amines) is 1. The molecule has 1 N–H and O–H groups in total. The highest BCUT2D eigenvalue weighted by atomic mass is 16.3. The highest BCUT2D eigenvalue weighted by Gasteiger charge is 2.57. The second kappa shape index (κ2) is 7.76. The topological polar surface area (TPSA) is 64.1 Å². The number of likely N-dealkylation sites (N-methyl/N-ethyl adjacent to an activating group) is 1. The number of aliphatic hydroxyl groups is 1. The molecular formula is C23H29N3O3. The maximum atomic E-state index is 13.5. The predicted octanol–water partition coefficient (Wildman–Crippen LogP) is 2.84. The Morgan fingerprint density at radius 1 is 1.07 bits per heavy atom. The Kier molecular flexibility index (Phi) is 5.32. The van der Waals surface area contributed by atoms with Crippen LogP contribution in [0.4, 0.5) is 4.79 Å². The first-order chi connectivity index (χ1) is 14.0. The average molecular weight is 396 g/mol. The molecule has 2 aliphatic rings. The number of aliphatic hydroxyl groups excluding tert-OH is 1. The van der Waals surface area contributed by atoms with Crippen molar-refractivity contribution in [2.45, 2.75) is 44.8 Å². The first-order valence-electron chi connectivity index (χ1n) is 10.5. The standard InChI is InChI=1S/C23H29N3O3/c1-3-26-22(29)25(15-19-9-6-8-18-7-4-5-10-20(18)19)21(28)23(26)11-13-24(14-12-23)17(2)16-27/h4-10,17,27H,3,11-16H2,1-2H3. The lowest BCUT2D eigenvalue weighted by molar-refractivity contribution is -0.136. The van der Waals surface area contributed by atoms with Crippen molar-refractivity contribution in [2.75, 3.05) is 26.2 Å². The second-order valence-corrected chi connectivity index (χ2v) is 8.16. The van der Waals surface area contributed by atoms with E-state index in [1.807, 2.05) is 56.3 Å². The van der Waals surface area contributed by atoms with Crippen LogP contribution in [0.5, 0.6) is 0 Å². The molecule has 1 atom stereocenters. The lowest BCUT2D eigenvalue weighted by atomic mass is 9.85. The first kappa shape index (κ1) is 19.9. The number of hydrogen-bond acceptors (Lipinski definition) is 4. The monoisotopic (exact) mass is 395 g/mol. The minimum absolute atomic E-state index is 0.0708. The molecule has 0 aromatic heterocycles. The fourth-order valence-corrected chi connectivity index (χ4v) is 4.89. The van der Waals surface area contributed by atoms with Gasteiger partial charge in [0.25, 0.3) is 5.91 Å². The van der Waals surface area contributed by atoms with Crippen LogP contribution in [0.25, 0.3) is 10.8 Å². The Hall–Kier alpha value is -2.44. The molecule has 2 aromatic rings. The smallest absolute Gasteiger partial charge is 0.327 e. The van der Waals surface area contributed by atoms with E-state index in [2.05, 4.69) is 4.90 Å². The van der Waals surface area contributed by atoms with Crippen molar-refractivity contribution >= 4 is 22.7 Å². The van der Waals surface area contributed by atoms with Crippen LogP contribution >= 0.6 is 0 Å². The Bertz CT molecular complexity index is 915. The fourth-order valence-electron chi connectivity index (χ4n) is 4.89. The number of benzene rings is 2. The van der Waals surface area contributed by atoms with Gasteiger partial charge < -0.3 is 10.0 Å². The molecule has 6 nitrogen and oxygen atoms in total. The third-order valence-electron chi connectivity index (χ3n) is 6.66. The van der Waals surface area contributed by atoms with E-state index in [0.29, 0.717) is 39.0 Å². The molecule has 2 aliphatic heterocycles. The number of urea groups is 1. The van der Waals surface area contributed by atoms with E-state index in [1.54, 1.807) is 4.90 Å². The van der Waals surface area contributed by atoms with E-state index in [-0.39, 0.29) is 24.6 Å². The van der Waals surface area contributed by atoms with Crippen molar-refractivity contribution in [1.29, 1.82) is 0 Å². The van der Waals surface area contributed by atoms with Crippen molar-refractivity contribution in [3.05, 3.63) is 48.0 Å². The normalized spacial score (nSPS) is 20.8. The molecule has 4 rings (SSSR count). The first-order valence-corrected chi connectivity index (χ1v) is 10.5. The molecule has 29 heavy (non-hydrogen) atoms. The van der Waals surface area contributed by atoms with Crippen LogP contribution in [0.2, 0.25) is 0 Å². The highest BCUT2D eigenvalue weighted by Crippen LogP contribution is 2.38. The average Bonchev–Trinajstić information content (AvgIpc) is 2.94. The van der Waals surface area contributed by atoms with Crippen molar-refractivity contribution < 1.29 is 14.7 Å². The van der Waals surface area contributed by atoms with Gasteiger partial charge in [0, 0.05) is 25.7 Å². The lowest BCUT2D eigenvalue weighted by Crippen LogP contribution is -2.58. The molecule has 1 unspecified atom stereocenters. The van der Waals surface area contributed by atoms with Gasteiger partial charge in [-0.1, -0.05) is 42.5 Å². The zero-order chi connectivity index (χ0) is 20.6. The van der Waals surface area contributed by atoms with Crippen molar-refractivity contribution in [2.24, 2.45) is 0 Å². The van der Waals surface area contributed by atoms with Gasteiger partial charge in [-0.2, -0.15) is 0 Å². The van der Waals surface area contributed by atoms with Crippen LogP contribution in [0.1, 0.15) is 32.3 Å². The maximum Gasteiger partial charge on any atom is 0.327 e. The van der Waals surface area contributed by atoms with Crippen LogP contribution in [-0.2, 0) is 11.3 Å². The van der Waals surface area contributed by atoms with E-state index in [1.165, 1.54) is 4.90 Å². The molecule has 2 fully saturated rings. The highest BCUT2D eigenvalue weighted by molar-refractivity contribution is 6.07. The molecule has 0 aliphatic carbocycles. The molecular weight excluding hydrogens is 366 g/mol. The zero-order valence-electron chi connectivity index (χ0n) is 17.2. The SMILES string of the molecule is CCN1C(=O)N(Cc2cccc3ccccc23)C(=O)C12CCN(C(C)CO)CC2. The Balaban J connectivity index is 1.61. The Labute approximate surface area is 171 Å². The van der Waals surface area contributed by atoms with Crippen LogP contribution in [0.3, 0.4) is 0 Å². The van der Waals surface area contributed by atoms with E-state index >= 15 is 0 Å². The van der Waals surface area contributed by atoms with E-state index in [9.17, 15) is 14.7 Å². The number of piperidine rings is 1.